The second-order valence-electron chi connectivity index (χ2n) is 9.36. The maximum Gasteiger partial charge on any atom is 0.241 e. The second-order valence-corrected chi connectivity index (χ2v) is 9.36. The Labute approximate surface area is 232 Å². The van der Waals surface area contributed by atoms with E-state index in [2.05, 4.69) is 40.7 Å². The lowest BCUT2D eigenvalue weighted by Gasteiger charge is -2.37. The zero-order chi connectivity index (χ0) is 28.6. The number of nitrogens with zero attached hydrogens (tertiary/aromatic N) is 4. The summed E-state index contributed by atoms with van der Waals surface area (Å²) in [4.78, 5) is 29.2. The van der Waals surface area contributed by atoms with E-state index >= 15 is 0 Å². The van der Waals surface area contributed by atoms with Crippen LogP contribution in [0.15, 0.2) is 42.5 Å². The molecule has 0 aliphatic carbocycles. The van der Waals surface area contributed by atoms with Crippen molar-refractivity contribution in [1.29, 1.82) is 5.41 Å². The number of H-pyrrole nitrogens is 1. The molecule has 40 heavy (non-hydrogen) atoms. The van der Waals surface area contributed by atoms with Crippen LogP contribution in [0.4, 0.5) is 16.0 Å². The first-order valence-electron chi connectivity index (χ1n) is 13.0. The number of piperazine rings is 1. The molecule has 1 aliphatic rings. The number of nitrogens with one attached hydrogen (secondary N) is 5. The molecular formula is C27H36FN9O3. The zero-order valence-electron chi connectivity index (χ0n) is 23.2. The largest absolute Gasteiger partial charge is 0.480 e. The highest BCUT2D eigenvalue weighted by atomic mass is 19.1. The van der Waals surface area contributed by atoms with Crippen LogP contribution in [0.2, 0.25) is 0 Å². The van der Waals surface area contributed by atoms with Crippen LogP contribution in [-0.2, 0) is 14.3 Å². The van der Waals surface area contributed by atoms with Gasteiger partial charge in [0.05, 0.1) is 37.2 Å². The number of rotatable bonds is 11. The van der Waals surface area contributed by atoms with Crippen molar-refractivity contribution < 1.29 is 18.7 Å². The van der Waals surface area contributed by atoms with Gasteiger partial charge in [0.2, 0.25) is 17.8 Å². The maximum absolute atomic E-state index is 14.9. The number of fused-ring (bicyclic) bond motifs is 1. The molecule has 214 valence electrons. The number of benzene rings is 1. The van der Waals surface area contributed by atoms with E-state index in [4.69, 9.17) is 14.9 Å². The van der Waals surface area contributed by atoms with Gasteiger partial charge in [-0.25, -0.2) is 14.4 Å². The number of aromatic amines is 1. The van der Waals surface area contributed by atoms with E-state index in [9.17, 15) is 9.18 Å². The summed E-state index contributed by atoms with van der Waals surface area (Å²) in [6.07, 6.45) is 4.24. The first kappa shape index (κ1) is 28.9. The molecule has 0 saturated carbocycles. The van der Waals surface area contributed by atoms with Crippen LogP contribution in [0, 0.1) is 11.2 Å². The Hall–Kier alpha value is -4.07. The van der Waals surface area contributed by atoms with Crippen molar-refractivity contribution in [2.45, 2.75) is 13.0 Å². The molecular weight excluding hydrogens is 517 g/mol. The average molecular weight is 554 g/mol. The number of anilines is 2. The average Bonchev–Trinajstić information content (AvgIpc) is 3.41. The molecule has 5 N–H and O–H groups in total. The molecule has 1 aliphatic heterocycles. The molecule has 1 aromatic carbocycles. The summed E-state index contributed by atoms with van der Waals surface area (Å²) in [5.41, 5.74) is 2.11. The summed E-state index contributed by atoms with van der Waals surface area (Å²) in [6, 6.07) is 5.14. The molecule has 0 radical (unpaired) electrons. The molecule has 3 aromatic rings. The molecule has 1 unspecified atom stereocenters. The maximum atomic E-state index is 14.9. The quantitative estimate of drug-likeness (QED) is 0.179. The van der Waals surface area contributed by atoms with E-state index in [0.29, 0.717) is 28.8 Å². The number of ether oxygens (including phenoxy) is 2. The van der Waals surface area contributed by atoms with Gasteiger partial charge >= 0.3 is 0 Å². The van der Waals surface area contributed by atoms with Gasteiger partial charge in [-0.3, -0.25) is 20.0 Å². The highest BCUT2D eigenvalue weighted by Gasteiger charge is 2.26. The zero-order valence-corrected chi connectivity index (χ0v) is 23.2. The molecule has 12 nitrogen and oxygen atoms in total. The summed E-state index contributed by atoms with van der Waals surface area (Å²) in [5, 5.41) is 17.4. The number of carbonyl (C=O) groups is 1. The van der Waals surface area contributed by atoms with Crippen LogP contribution >= 0.6 is 0 Å². The smallest absolute Gasteiger partial charge is 0.241 e. The Kier molecular flexibility index (Phi) is 9.64. The number of aromatic nitrogens is 3. The second kappa shape index (κ2) is 13.3. The summed E-state index contributed by atoms with van der Waals surface area (Å²) in [7, 11) is 4.75. The minimum atomic E-state index is -0.611. The van der Waals surface area contributed by atoms with E-state index in [0.717, 1.165) is 38.9 Å². The van der Waals surface area contributed by atoms with Crippen molar-refractivity contribution in [1.82, 2.24) is 30.1 Å². The minimum absolute atomic E-state index is 0.0692. The fourth-order valence-corrected chi connectivity index (χ4v) is 4.60. The van der Waals surface area contributed by atoms with Gasteiger partial charge < -0.3 is 30.4 Å². The highest BCUT2D eigenvalue weighted by molar-refractivity contribution is 6.06. The predicted octanol–water partition coefficient (Wildman–Crippen LogP) is 2.45. The van der Waals surface area contributed by atoms with Crippen molar-refractivity contribution >= 4 is 34.3 Å². The van der Waals surface area contributed by atoms with Crippen LogP contribution in [0.25, 0.3) is 22.2 Å². The molecule has 1 fully saturated rings. The van der Waals surface area contributed by atoms with Crippen LogP contribution in [-0.4, -0.2) is 103 Å². The lowest BCUT2D eigenvalue weighted by molar-refractivity contribution is -0.121. The van der Waals surface area contributed by atoms with E-state index in [1.165, 1.54) is 13.3 Å². The summed E-state index contributed by atoms with van der Waals surface area (Å²) in [6.45, 7) is 6.86. The van der Waals surface area contributed by atoms with Gasteiger partial charge in [-0.1, -0.05) is 12.1 Å². The van der Waals surface area contributed by atoms with Crippen molar-refractivity contribution in [2.75, 3.05) is 71.2 Å². The predicted molar refractivity (Wildman–Crippen MR) is 153 cm³/mol. The Bertz CT molecular complexity index is 1370. The summed E-state index contributed by atoms with van der Waals surface area (Å²) < 4.78 is 25.1. The molecule has 4 rings (SSSR count). The van der Waals surface area contributed by atoms with E-state index in [1.54, 1.807) is 26.4 Å². The number of halogens is 1. The summed E-state index contributed by atoms with van der Waals surface area (Å²) >= 11 is 0. The van der Waals surface area contributed by atoms with Gasteiger partial charge in [0.1, 0.15) is 11.4 Å². The molecule has 1 atom stereocenters. The van der Waals surface area contributed by atoms with Gasteiger partial charge in [0.15, 0.2) is 5.82 Å². The Balaban J connectivity index is 1.52. The Morgan fingerprint density at radius 1 is 1.25 bits per heavy atom. The lowest BCUT2D eigenvalue weighted by Crippen LogP contribution is -2.53. The molecule has 0 bridgehead atoms. The molecule has 2 aromatic heterocycles. The molecule has 1 saturated heterocycles. The van der Waals surface area contributed by atoms with Gasteiger partial charge in [-0.05, 0) is 13.0 Å². The van der Waals surface area contributed by atoms with Gasteiger partial charge in [0.25, 0.3) is 0 Å². The molecule has 0 spiro atoms. The standard InChI is InChI=1S/C27H36FN9O3/c1-17(37-10-8-36(9-11-37)12-13-39-3)26(38)33-21-7-5-6-18-19(14-31-24(18)21)23-20(28)15-32-27(35-23)34-22(16-30-2)25(29)40-4/h5-7,14-17,29-31H,8-13H2,1-4H3,(H,33,38)(H,32,34,35)/b22-16+,29-25?. The first-order valence-corrected chi connectivity index (χ1v) is 13.0. The van der Waals surface area contributed by atoms with Gasteiger partial charge in [-0.2, -0.15) is 0 Å². The van der Waals surface area contributed by atoms with Crippen LogP contribution in [0.5, 0.6) is 0 Å². The number of hydrogen-bond acceptors (Lipinski definition) is 10. The van der Waals surface area contributed by atoms with Crippen molar-refractivity contribution in [2.24, 2.45) is 0 Å². The third-order valence-electron chi connectivity index (χ3n) is 6.90. The summed E-state index contributed by atoms with van der Waals surface area (Å²) in [5.74, 6) is -0.772. The minimum Gasteiger partial charge on any atom is -0.480 e. The molecule has 3 heterocycles. The number of amides is 1. The fraction of sp³-hybridized carbons (Fsp3) is 0.407. The molecule has 1 amide bonds. The SMILES string of the molecule is CN/C=C(/Nc1ncc(F)c(-c2c[nH]c3c(NC(=O)C(C)N4CCN(CCOC)CC4)cccc23)n1)C(=N)OC. The lowest BCUT2D eigenvalue weighted by atomic mass is 10.1. The third-order valence-corrected chi connectivity index (χ3v) is 6.90. The number of carbonyl (C=O) groups excluding carboxylic acids is 1. The van der Waals surface area contributed by atoms with Crippen molar-refractivity contribution in [3.8, 4) is 11.3 Å². The normalized spacial score (nSPS) is 15.6. The van der Waals surface area contributed by atoms with E-state index in [-0.39, 0.29) is 35.2 Å². The number of hydrogen-bond donors (Lipinski definition) is 5. The van der Waals surface area contributed by atoms with Crippen LogP contribution in [0.1, 0.15) is 6.92 Å². The van der Waals surface area contributed by atoms with Crippen LogP contribution in [0.3, 0.4) is 0 Å². The van der Waals surface area contributed by atoms with Crippen molar-refractivity contribution in [3.63, 3.8) is 0 Å². The number of para-hydroxylation sites is 1. The monoisotopic (exact) mass is 553 g/mol. The fourth-order valence-electron chi connectivity index (χ4n) is 4.60. The Morgan fingerprint density at radius 2 is 2.02 bits per heavy atom. The highest BCUT2D eigenvalue weighted by Crippen LogP contribution is 2.33. The van der Waals surface area contributed by atoms with Gasteiger partial charge in [-0.15, -0.1) is 0 Å². The van der Waals surface area contributed by atoms with E-state index < -0.39 is 5.82 Å². The topological polar surface area (TPSA) is 144 Å². The Morgan fingerprint density at radius 3 is 2.73 bits per heavy atom. The van der Waals surface area contributed by atoms with Crippen molar-refractivity contribution in [3.05, 3.63) is 48.3 Å². The number of methoxy groups -OCH3 is 2. The third kappa shape index (κ3) is 6.55. The van der Waals surface area contributed by atoms with Crippen LogP contribution < -0.4 is 16.0 Å². The first-order chi connectivity index (χ1) is 19.4. The molecule has 13 heteroatoms. The van der Waals surface area contributed by atoms with Gasteiger partial charge in [0, 0.05) is 70.2 Å². The van der Waals surface area contributed by atoms with E-state index in [1.807, 2.05) is 19.1 Å².